The van der Waals surface area contributed by atoms with Gasteiger partial charge in [-0.1, -0.05) is 13.3 Å². The zero-order valence-corrected chi connectivity index (χ0v) is 11.3. The minimum atomic E-state index is -0.677. The molecule has 0 spiro atoms. The van der Waals surface area contributed by atoms with E-state index in [1.807, 2.05) is 6.92 Å². The lowest BCUT2D eigenvalue weighted by Crippen LogP contribution is -2.34. The Bertz CT molecular complexity index is 236. The van der Waals surface area contributed by atoms with Crippen LogP contribution in [0.25, 0.3) is 0 Å². The molecule has 5 nitrogen and oxygen atoms in total. The van der Waals surface area contributed by atoms with Crippen molar-refractivity contribution in [2.75, 3.05) is 24.7 Å². The maximum absolute atomic E-state index is 11.2. The van der Waals surface area contributed by atoms with Crippen molar-refractivity contribution in [3.05, 3.63) is 0 Å². The summed E-state index contributed by atoms with van der Waals surface area (Å²) in [5.41, 5.74) is 5.56. The highest BCUT2D eigenvalue weighted by Crippen LogP contribution is 2.04. The Balaban J connectivity index is 3.55. The SMILES string of the molecule is CCCCOC(=O)CSCC(N)C(=O)OCC. The number of nitrogens with two attached hydrogens (primary N) is 1. The summed E-state index contributed by atoms with van der Waals surface area (Å²) in [7, 11) is 0. The van der Waals surface area contributed by atoms with E-state index in [0.717, 1.165) is 12.8 Å². The quantitative estimate of drug-likeness (QED) is 0.493. The van der Waals surface area contributed by atoms with Gasteiger partial charge in [0.15, 0.2) is 0 Å². The first-order valence-corrected chi connectivity index (χ1v) is 6.92. The van der Waals surface area contributed by atoms with Crippen LogP contribution in [0.15, 0.2) is 0 Å². The van der Waals surface area contributed by atoms with Crippen LogP contribution in [0.5, 0.6) is 0 Å². The smallest absolute Gasteiger partial charge is 0.323 e. The van der Waals surface area contributed by atoms with Gasteiger partial charge in [-0.25, -0.2) is 0 Å². The highest BCUT2D eigenvalue weighted by atomic mass is 32.2. The van der Waals surface area contributed by atoms with E-state index in [1.54, 1.807) is 6.92 Å². The Kier molecular flexibility index (Phi) is 9.95. The molecule has 0 aliphatic carbocycles. The number of ether oxygens (including phenoxy) is 2. The minimum Gasteiger partial charge on any atom is -0.465 e. The van der Waals surface area contributed by atoms with E-state index in [0.29, 0.717) is 19.0 Å². The number of carbonyl (C=O) groups is 2. The van der Waals surface area contributed by atoms with Crippen LogP contribution in [0.4, 0.5) is 0 Å². The molecule has 1 unspecified atom stereocenters. The van der Waals surface area contributed by atoms with Crippen molar-refractivity contribution in [3.8, 4) is 0 Å². The summed E-state index contributed by atoms with van der Waals surface area (Å²) in [6.07, 6.45) is 1.87. The fraction of sp³-hybridized carbons (Fsp3) is 0.818. The van der Waals surface area contributed by atoms with Gasteiger partial charge < -0.3 is 15.2 Å². The Morgan fingerprint density at radius 1 is 1.29 bits per heavy atom. The van der Waals surface area contributed by atoms with Crippen molar-refractivity contribution in [1.82, 2.24) is 0 Å². The number of rotatable bonds is 9. The van der Waals surface area contributed by atoms with Crippen LogP contribution >= 0.6 is 11.8 Å². The molecule has 0 aromatic rings. The van der Waals surface area contributed by atoms with Gasteiger partial charge in [0.1, 0.15) is 6.04 Å². The van der Waals surface area contributed by atoms with Gasteiger partial charge in [0, 0.05) is 5.75 Å². The van der Waals surface area contributed by atoms with Gasteiger partial charge >= 0.3 is 11.9 Å². The van der Waals surface area contributed by atoms with Crippen LogP contribution in [0.3, 0.4) is 0 Å². The number of carbonyl (C=O) groups excluding carboxylic acids is 2. The summed E-state index contributed by atoms with van der Waals surface area (Å²) in [5.74, 6) is -0.114. The van der Waals surface area contributed by atoms with Crippen molar-refractivity contribution < 1.29 is 19.1 Å². The highest BCUT2D eigenvalue weighted by molar-refractivity contribution is 8.00. The van der Waals surface area contributed by atoms with E-state index in [2.05, 4.69) is 0 Å². The highest BCUT2D eigenvalue weighted by Gasteiger charge is 2.15. The second-order valence-corrected chi connectivity index (χ2v) is 4.48. The molecule has 0 aliphatic rings. The Morgan fingerprint density at radius 2 is 2.00 bits per heavy atom. The molecule has 0 saturated heterocycles. The van der Waals surface area contributed by atoms with Crippen LogP contribution in [-0.4, -0.2) is 42.7 Å². The van der Waals surface area contributed by atoms with E-state index < -0.39 is 12.0 Å². The molecule has 0 heterocycles. The third kappa shape index (κ3) is 9.00. The molecular weight excluding hydrogens is 242 g/mol. The van der Waals surface area contributed by atoms with Crippen LogP contribution in [0.2, 0.25) is 0 Å². The molecule has 2 N–H and O–H groups in total. The number of thioether (sulfide) groups is 1. The lowest BCUT2D eigenvalue weighted by atomic mass is 10.4. The fourth-order valence-corrected chi connectivity index (χ4v) is 1.72. The van der Waals surface area contributed by atoms with E-state index in [1.165, 1.54) is 11.8 Å². The van der Waals surface area contributed by atoms with Crippen LogP contribution < -0.4 is 5.73 Å². The van der Waals surface area contributed by atoms with Crippen LogP contribution in [-0.2, 0) is 19.1 Å². The summed E-state index contributed by atoms with van der Waals surface area (Å²) in [4.78, 5) is 22.3. The maximum atomic E-state index is 11.2. The standard InChI is InChI=1S/C11H21NO4S/c1-3-5-6-16-10(13)8-17-7-9(12)11(14)15-4-2/h9H,3-8,12H2,1-2H3. The summed E-state index contributed by atoms with van der Waals surface area (Å²) < 4.78 is 9.70. The van der Waals surface area contributed by atoms with E-state index in [9.17, 15) is 9.59 Å². The molecule has 0 aromatic heterocycles. The lowest BCUT2D eigenvalue weighted by molar-refractivity contribution is -0.144. The molecule has 1 atom stereocenters. The molecule has 0 aliphatic heterocycles. The molecule has 0 fully saturated rings. The Morgan fingerprint density at radius 3 is 2.59 bits per heavy atom. The van der Waals surface area contributed by atoms with Gasteiger partial charge in [-0.3, -0.25) is 9.59 Å². The first-order valence-electron chi connectivity index (χ1n) is 5.77. The van der Waals surface area contributed by atoms with Crippen molar-refractivity contribution >= 4 is 23.7 Å². The second-order valence-electron chi connectivity index (χ2n) is 3.45. The summed E-state index contributed by atoms with van der Waals surface area (Å²) in [6.45, 7) is 4.53. The molecule has 100 valence electrons. The van der Waals surface area contributed by atoms with E-state index >= 15 is 0 Å². The monoisotopic (exact) mass is 263 g/mol. The van der Waals surface area contributed by atoms with Crippen LogP contribution in [0, 0.1) is 0 Å². The van der Waals surface area contributed by atoms with Gasteiger partial charge in [0.25, 0.3) is 0 Å². The lowest BCUT2D eigenvalue weighted by Gasteiger charge is -2.09. The summed E-state index contributed by atoms with van der Waals surface area (Å²) >= 11 is 1.28. The predicted molar refractivity (Wildman–Crippen MR) is 67.8 cm³/mol. The fourth-order valence-electron chi connectivity index (χ4n) is 0.959. The average molecular weight is 263 g/mol. The van der Waals surface area contributed by atoms with E-state index in [4.69, 9.17) is 15.2 Å². The van der Waals surface area contributed by atoms with Crippen molar-refractivity contribution in [2.45, 2.75) is 32.7 Å². The number of unbranched alkanes of at least 4 members (excludes halogenated alkanes) is 1. The topological polar surface area (TPSA) is 78.6 Å². The molecular formula is C11H21NO4S. The molecule has 17 heavy (non-hydrogen) atoms. The van der Waals surface area contributed by atoms with Gasteiger partial charge in [-0.15, -0.1) is 11.8 Å². The third-order valence-electron chi connectivity index (χ3n) is 1.87. The van der Waals surface area contributed by atoms with Gasteiger partial charge in [-0.05, 0) is 13.3 Å². The number of hydrogen-bond donors (Lipinski definition) is 1. The second kappa shape index (κ2) is 10.4. The van der Waals surface area contributed by atoms with E-state index in [-0.39, 0.29) is 11.7 Å². The van der Waals surface area contributed by atoms with Gasteiger partial charge in [-0.2, -0.15) is 0 Å². The zero-order chi connectivity index (χ0) is 13.1. The molecule has 0 radical (unpaired) electrons. The molecule has 0 bridgehead atoms. The van der Waals surface area contributed by atoms with Gasteiger partial charge in [0.2, 0.25) is 0 Å². The van der Waals surface area contributed by atoms with Crippen molar-refractivity contribution in [2.24, 2.45) is 5.73 Å². The maximum Gasteiger partial charge on any atom is 0.323 e. The van der Waals surface area contributed by atoms with Crippen molar-refractivity contribution in [1.29, 1.82) is 0 Å². The van der Waals surface area contributed by atoms with Crippen LogP contribution in [0.1, 0.15) is 26.7 Å². The Labute approximate surface area is 106 Å². The number of hydrogen-bond acceptors (Lipinski definition) is 6. The minimum absolute atomic E-state index is 0.219. The first-order chi connectivity index (χ1) is 8.11. The largest absolute Gasteiger partial charge is 0.465 e. The van der Waals surface area contributed by atoms with Crippen molar-refractivity contribution in [3.63, 3.8) is 0 Å². The first kappa shape index (κ1) is 16.2. The molecule has 0 amide bonds. The molecule has 0 aromatic carbocycles. The summed E-state index contributed by atoms with van der Waals surface area (Å²) in [5, 5.41) is 0. The number of esters is 2. The third-order valence-corrected chi connectivity index (χ3v) is 2.90. The zero-order valence-electron chi connectivity index (χ0n) is 10.4. The van der Waals surface area contributed by atoms with Gasteiger partial charge in [0.05, 0.1) is 19.0 Å². The average Bonchev–Trinajstić information content (AvgIpc) is 2.29. The normalized spacial score (nSPS) is 11.9. The predicted octanol–water partition coefficient (Wildman–Crippen LogP) is 0.953. The Hall–Kier alpha value is -0.750. The summed E-state index contributed by atoms with van der Waals surface area (Å²) in [6, 6.07) is -0.677. The molecule has 0 saturated carbocycles. The molecule has 6 heteroatoms. The molecule has 0 rings (SSSR count).